The molecule has 2 fully saturated rings. The zero-order valence-corrected chi connectivity index (χ0v) is 14.7. The van der Waals surface area contributed by atoms with E-state index in [2.05, 4.69) is 9.88 Å². The van der Waals surface area contributed by atoms with Gasteiger partial charge in [0.25, 0.3) is 5.91 Å². The molecule has 0 N–H and O–H groups in total. The smallest absolute Gasteiger partial charge is 0.272 e. The zero-order chi connectivity index (χ0) is 16.9. The molecule has 0 aliphatic carbocycles. The third-order valence-corrected chi connectivity index (χ3v) is 5.00. The number of nitrogens with zero attached hydrogens (tertiary/aromatic N) is 3. The van der Waals surface area contributed by atoms with Crippen molar-refractivity contribution in [2.24, 2.45) is 0 Å². The highest BCUT2D eigenvalue weighted by molar-refractivity contribution is 6.29. The molecule has 7 heteroatoms. The molecule has 2 saturated heterocycles. The molecule has 3 heterocycles. The summed E-state index contributed by atoms with van der Waals surface area (Å²) in [7, 11) is 1.73. The molecule has 3 rings (SSSR count). The van der Waals surface area contributed by atoms with Crippen LogP contribution in [0.5, 0.6) is 0 Å². The number of aromatic nitrogens is 1. The van der Waals surface area contributed by atoms with E-state index in [4.69, 9.17) is 21.1 Å². The van der Waals surface area contributed by atoms with Crippen molar-refractivity contribution < 1.29 is 14.3 Å². The Morgan fingerprint density at radius 3 is 3.00 bits per heavy atom. The molecule has 0 aromatic carbocycles. The number of amides is 1. The first-order valence-corrected chi connectivity index (χ1v) is 8.83. The Kier molecular flexibility index (Phi) is 6.05. The first-order chi connectivity index (χ1) is 11.7. The number of hydrogen-bond acceptors (Lipinski definition) is 5. The number of carbonyl (C=O) groups excluding carboxylic acids is 1. The van der Waals surface area contributed by atoms with Crippen molar-refractivity contribution in [1.29, 1.82) is 0 Å². The summed E-state index contributed by atoms with van der Waals surface area (Å²) < 4.78 is 11.2. The summed E-state index contributed by atoms with van der Waals surface area (Å²) in [5, 5.41) is 0.346. The van der Waals surface area contributed by atoms with Gasteiger partial charge in [-0.2, -0.15) is 0 Å². The summed E-state index contributed by atoms with van der Waals surface area (Å²) >= 11 is 5.91. The van der Waals surface area contributed by atoms with Crippen LogP contribution in [-0.4, -0.2) is 79.3 Å². The topological polar surface area (TPSA) is 54.9 Å². The molecule has 1 aromatic heterocycles. The molecule has 0 saturated carbocycles. The number of rotatable bonds is 4. The lowest BCUT2D eigenvalue weighted by molar-refractivity contribution is -0.0761. The van der Waals surface area contributed by atoms with Crippen LogP contribution in [-0.2, 0) is 9.47 Å². The van der Waals surface area contributed by atoms with Gasteiger partial charge in [-0.05, 0) is 25.0 Å². The SMILES string of the molecule is COCCN1CCOC2CCN(C(=O)c3cccc(Cl)n3)CCC21. The minimum Gasteiger partial charge on any atom is -0.383 e. The number of pyridine rings is 1. The van der Waals surface area contributed by atoms with Crippen LogP contribution in [0.2, 0.25) is 5.15 Å². The van der Waals surface area contributed by atoms with E-state index in [1.54, 1.807) is 25.3 Å². The molecule has 1 aromatic rings. The third-order valence-electron chi connectivity index (χ3n) is 4.79. The monoisotopic (exact) mass is 353 g/mol. The Hall–Kier alpha value is -1.21. The number of methoxy groups -OCH3 is 1. The summed E-state index contributed by atoms with van der Waals surface area (Å²) in [6.45, 7) is 4.69. The van der Waals surface area contributed by atoms with Crippen LogP contribution in [0.4, 0.5) is 0 Å². The van der Waals surface area contributed by atoms with Gasteiger partial charge in [-0.3, -0.25) is 9.69 Å². The van der Waals surface area contributed by atoms with Crippen LogP contribution >= 0.6 is 11.6 Å². The number of fused-ring (bicyclic) bond motifs is 1. The van der Waals surface area contributed by atoms with Gasteiger partial charge in [-0.25, -0.2) is 4.98 Å². The number of halogens is 1. The van der Waals surface area contributed by atoms with Gasteiger partial charge in [0.15, 0.2) is 0 Å². The van der Waals surface area contributed by atoms with Gasteiger partial charge < -0.3 is 14.4 Å². The van der Waals surface area contributed by atoms with Crippen LogP contribution in [0.15, 0.2) is 18.2 Å². The van der Waals surface area contributed by atoms with Gasteiger partial charge >= 0.3 is 0 Å². The standard InChI is InChI=1S/C17H24ClN3O3/c1-23-11-9-20-10-12-24-15-6-8-21(7-5-14(15)20)17(22)13-3-2-4-16(18)19-13/h2-4,14-15H,5-12H2,1H3. The van der Waals surface area contributed by atoms with E-state index in [0.29, 0.717) is 30.0 Å². The minimum absolute atomic E-state index is 0.0559. The summed E-state index contributed by atoms with van der Waals surface area (Å²) in [6, 6.07) is 5.50. The fourth-order valence-corrected chi connectivity index (χ4v) is 3.70. The van der Waals surface area contributed by atoms with E-state index in [0.717, 1.165) is 39.1 Å². The lowest BCUT2D eigenvalue weighted by atomic mass is 10.0. The first-order valence-electron chi connectivity index (χ1n) is 8.45. The third kappa shape index (κ3) is 4.06. The normalized spacial score (nSPS) is 25.2. The average Bonchev–Trinajstić information content (AvgIpc) is 2.82. The molecule has 0 bridgehead atoms. The molecule has 1 amide bonds. The number of ether oxygens (including phenoxy) is 2. The van der Waals surface area contributed by atoms with Crippen molar-refractivity contribution >= 4 is 17.5 Å². The van der Waals surface area contributed by atoms with Crippen molar-refractivity contribution in [1.82, 2.24) is 14.8 Å². The van der Waals surface area contributed by atoms with Crippen LogP contribution < -0.4 is 0 Å². The predicted molar refractivity (Wildman–Crippen MR) is 91.4 cm³/mol. The van der Waals surface area contributed by atoms with Gasteiger partial charge in [0.2, 0.25) is 0 Å². The Morgan fingerprint density at radius 2 is 2.21 bits per heavy atom. The molecule has 24 heavy (non-hydrogen) atoms. The maximum absolute atomic E-state index is 12.7. The lowest BCUT2D eigenvalue weighted by Crippen LogP contribution is -2.52. The van der Waals surface area contributed by atoms with E-state index in [1.807, 2.05) is 4.90 Å². The largest absolute Gasteiger partial charge is 0.383 e. The molecule has 2 aliphatic rings. The number of likely N-dealkylation sites (tertiary alicyclic amines) is 1. The molecule has 0 radical (unpaired) electrons. The van der Waals surface area contributed by atoms with Gasteiger partial charge in [0, 0.05) is 39.3 Å². The van der Waals surface area contributed by atoms with Crippen LogP contribution in [0, 0.1) is 0 Å². The van der Waals surface area contributed by atoms with Crippen molar-refractivity contribution in [2.75, 3.05) is 46.5 Å². The summed E-state index contributed by atoms with van der Waals surface area (Å²) in [4.78, 5) is 21.1. The van der Waals surface area contributed by atoms with Crippen molar-refractivity contribution in [3.05, 3.63) is 29.0 Å². The maximum atomic E-state index is 12.7. The van der Waals surface area contributed by atoms with Gasteiger partial charge in [0.05, 0.1) is 19.3 Å². The quantitative estimate of drug-likeness (QED) is 0.771. The van der Waals surface area contributed by atoms with E-state index >= 15 is 0 Å². The number of hydrogen-bond donors (Lipinski definition) is 0. The first kappa shape index (κ1) is 17.6. The fourth-order valence-electron chi connectivity index (χ4n) is 3.54. The number of carbonyl (C=O) groups is 1. The molecular formula is C17H24ClN3O3. The second-order valence-electron chi connectivity index (χ2n) is 6.22. The second-order valence-corrected chi connectivity index (χ2v) is 6.61. The average molecular weight is 354 g/mol. The number of morpholine rings is 1. The van der Waals surface area contributed by atoms with Crippen molar-refractivity contribution in [3.8, 4) is 0 Å². The van der Waals surface area contributed by atoms with E-state index in [1.165, 1.54) is 0 Å². The minimum atomic E-state index is -0.0559. The highest BCUT2D eigenvalue weighted by atomic mass is 35.5. The summed E-state index contributed by atoms with van der Waals surface area (Å²) in [6.07, 6.45) is 1.93. The predicted octanol–water partition coefficient (Wildman–Crippen LogP) is 1.69. The molecule has 2 unspecified atom stereocenters. The Labute approximate surface area is 147 Å². The Morgan fingerprint density at radius 1 is 1.38 bits per heavy atom. The Bertz CT molecular complexity index is 572. The van der Waals surface area contributed by atoms with Gasteiger partial charge in [-0.1, -0.05) is 17.7 Å². The lowest BCUT2D eigenvalue weighted by Gasteiger charge is -2.40. The highest BCUT2D eigenvalue weighted by Gasteiger charge is 2.35. The van der Waals surface area contributed by atoms with Gasteiger partial charge in [-0.15, -0.1) is 0 Å². The molecule has 2 aliphatic heterocycles. The fraction of sp³-hybridized carbons (Fsp3) is 0.647. The molecule has 6 nitrogen and oxygen atoms in total. The van der Waals surface area contributed by atoms with Gasteiger partial charge in [0.1, 0.15) is 10.8 Å². The van der Waals surface area contributed by atoms with E-state index < -0.39 is 0 Å². The van der Waals surface area contributed by atoms with Crippen molar-refractivity contribution in [3.63, 3.8) is 0 Å². The zero-order valence-electron chi connectivity index (χ0n) is 14.0. The van der Waals surface area contributed by atoms with E-state index in [9.17, 15) is 4.79 Å². The summed E-state index contributed by atoms with van der Waals surface area (Å²) in [5.41, 5.74) is 0.407. The molecule has 132 valence electrons. The Balaban J connectivity index is 1.66. The maximum Gasteiger partial charge on any atom is 0.272 e. The van der Waals surface area contributed by atoms with Crippen LogP contribution in [0.1, 0.15) is 23.3 Å². The molecule has 2 atom stereocenters. The highest BCUT2D eigenvalue weighted by Crippen LogP contribution is 2.24. The van der Waals surface area contributed by atoms with E-state index in [-0.39, 0.29) is 12.0 Å². The van der Waals surface area contributed by atoms with Crippen LogP contribution in [0.3, 0.4) is 0 Å². The van der Waals surface area contributed by atoms with Crippen LogP contribution in [0.25, 0.3) is 0 Å². The second kappa shape index (κ2) is 8.25. The molecule has 0 spiro atoms. The molecular weight excluding hydrogens is 330 g/mol. The van der Waals surface area contributed by atoms with Crippen molar-refractivity contribution in [2.45, 2.75) is 25.0 Å². The summed E-state index contributed by atoms with van der Waals surface area (Å²) in [5.74, 6) is -0.0559.